The summed E-state index contributed by atoms with van der Waals surface area (Å²) in [5.41, 5.74) is 0.469. The Labute approximate surface area is 89.1 Å². The molecule has 1 atom stereocenters. The summed E-state index contributed by atoms with van der Waals surface area (Å²) in [5.74, 6) is 0. The van der Waals surface area contributed by atoms with E-state index in [4.69, 9.17) is 0 Å². The first-order valence-corrected chi connectivity index (χ1v) is 5.90. The Morgan fingerprint density at radius 2 is 2.07 bits per heavy atom. The SMILES string of the molecule is CN(CCC(C)(C)C)C1CCCNC1. The Morgan fingerprint density at radius 1 is 1.36 bits per heavy atom. The molecule has 0 spiro atoms. The number of nitrogens with one attached hydrogen (secondary N) is 1. The topological polar surface area (TPSA) is 15.3 Å². The van der Waals surface area contributed by atoms with Gasteiger partial charge in [-0.1, -0.05) is 20.8 Å². The molecule has 14 heavy (non-hydrogen) atoms. The van der Waals surface area contributed by atoms with Gasteiger partial charge in [0.1, 0.15) is 0 Å². The van der Waals surface area contributed by atoms with E-state index in [1.807, 2.05) is 0 Å². The molecule has 2 nitrogen and oxygen atoms in total. The molecular weight excluding hydrogens is 172 g/mol. The van der Waals surface area contributed by atoms with Gasteiger partial charge in [0.25, 0.3) is 0 Å². The molecule has 1 fully saturated rings. The highest BCUT2D eigenvalue weighted by atomic mass is 15.2. The summed E-state index contributed by atoms with van der Waals surface area (Å²) in [6.45, 7) is 10.6. The van der Waals surface area contributed by atoms with Crippen molar-refractivity contribution >= 4 is 0 Å². The lowest BCUT2D eigenvalue weighted by Gasteiger charge is -2.33. The normalized spacial score (nSPS) is 24.2. The van der Waals surface area contributed by atoms with Gasteiger partial charge in [-0.05, 0) is 44.8 Å². The fourth-order valence-corrected chi connectivity index (χ4v) is 1.90. The van der Waals surface area contributed by atoms with E-state index >= 15 is 0 Å². The molecule has 1 rings (SSSR count). The third-order valence-electron chi connectivity index (χ3n) is 3.11. The van der Waals surface area contributed by atoms with E-state index in [1.54, 1.807) is 0 Å². The smallest absolute Gasteiger partial charge is 0.0218 e. The van der Waals surface area contributed by atoms with Gasteiger partial charge >= 0.3 is 0 Å². The summed E-state index contributed by atoms with van der Waals surface area (Å²) >= 11 is 0. The molecule has 0 aromatic heterocycles. The molecule has 1 heterocycles. The van der Waals surface area contributed by atoms with Crippen LogP contribution in [-0.2, 0) is 0 Å². The number of hydrogen-bond acceptors (Lipinski definition) is 2. The molecule has 1 unspecified atom stereocenters. The number of nitrogens with zero attached hydrogens (tertiary/aromatic N) is 1. The summed E-state index contributed by atoms with van der Waals surface area (Å²) < 4.78 is 0. The minimum absolute atomic E-state index is 0.469. The highest BCUT2D eigenvalue weighted by Gasteiger charge is 2.19. The highest BCUT2D eigenvalue weighted by molar-refractivity contribution is 4.77. The van der Waals surface area contributed by atoms with Crippen molar-refractivity contribution < 1.29 is 0 Å². The minimum Gasteiger partial charge on any atom is -0.315 e. The van der Waals surface area contributed by atoms with Crippen molar-refractivity contribution in [1.82, 2.24) is 10.2 Å². The van der Waals surface area contributed by atoms with E-state index in [-0.39, 0.29) is 0 Å². The van der Waals surface area contributed by atoms with Crippen molar-refractivity contribution in [3.63, 3.8) is 0 Å². The van der Waals surface area contributed by atoms with Gasteiger partial charge in [0.2, 0.25) is 0 Å². The third kappa shape index (κ3) is 4.43. The number of hydrogen-bond donors (Lipinski definition) is 1. The predicted molar refractivity (Wildman–Crippen MR) is 62.6 cm³/mol. The van der Waals surface area contributed by atoms with Gasteiger partial charge in [0, 0.05) is 12.6 Å². The lowest BCUT2D eigenvalue weighted by molar-refractivity contribution is 0.178. The second-order valence-electron chi connectivity index (χ2n) is 5.79. The molecular formula is C12H26N2. The van der Waals surface area contributed by atoms with E-state index in [1.165, 1.54) is 38.9 Å². The van der Waals surface area contributed by atoms with Crippen LogP contribution in [0.3, 0.4) is 0 Å². The van der Waals surface area contributed by atoms with E-state index in [0.29, 0.717) is 5.41 Å². The van der Waals surface area contributed by atoms with Crippen LogP contribution in [0.15, 0.2) is 0 Å². The van der Waals surface area contributed by atoms with Gasteiger partial charge in [-0.15, -0.1) is 0 Å². The van der Waals surface area contributed by atoms with Crippen molar-refractivity contribution in [2.75, 3.05) is 26.7 Å². The number of rotatable bonds is 3. The summed E-state index contributed by atoms with van der Waals surface area (Å²) in [5, 5.41) is 3.47. The Morgan fingerprint density at radius 3 is 2.57 bits per heavy atom. The van der Waals surface area contributed by atoms with Crippen LogP contribution in [-0.4, -0.2) is 37.6 Å². The Bertz CT molecular complexity index is 154. The molecule has 0 bridgehead atoms. The summed E-state index contributed by atoms with van der Waals surface area (Å²) in [4.78, 5) is 2.53. The first kappa shape index (κ1) is 12.0. The van der Waals surface area contributed by atoms with Crippen molar-refractivity contribution in [2.45, 2.75) is 46.1 Å². The molecule has 1 N–H and O–H groups in total. The quantitative estimate of drug-likeness (QED) is 0.747. The molecule has 84 valence electrons. The fourth-order valence-electron chi connectivity index (χ4n) is 1.90. The van der Waals surface area contributed by atoms with Crippen LogP contribution in [0.2, 0.25) is 0 Å². The van der Waals surface area contributed by atoms with E-state index in [0.717, 1.165) is 6.04 Å². The van der Waals surface area contributed by atoms with Crippen molar-refractivity contribution in [3.05, 3.63) is 0 Å². The van der Waals surface area contributed by atoms with Gasteiger partial charge in [-0.2, -0.15) is 0 Å². The fraction of sp³-hybridized carbons (Fsp3) is 1.00. The van der Waals surface area contributed by atoms with Gasteiger partial charge in [0.05, 0.1) is 0 Å². The maximum absolute atomic E-state index is 3.47. The Hall–Kier alpha value is -0.0800. The van der Waals surface area contributed by atoms with Crippen molar-refractivity contribution in [3.8, 4) is 0 Å². The van der Waals surface area contributed by atoms with Crippen molar-refractivity contribution in [2.24, 2.45) is 5.41 Å². The Balaban J connectivity index is 2.23. The average Bonchev–Trinajstić information content (AvgIpc) is 2.14. The lowest BCUT2D eigenvalue weighted by Crippen LogP contribution is -2.44. The largest absolute Gasteiger partial charge is 0.315 e. The zero-order valence-electron chi connectivity index (χ0n) is 10.3. The van der Waals surface area contributed by atoms with Gasteiger partial charge < -0.3 is 10.2 Å². The molecule has 1 saturated heterocycles. The minimum atomic E-state index is 0.469. The van der Waals surface area contributed by atoms with Gasteiger partial charge in [-0.3, -0.25) is 0 Å². The van der Waals surface area contributed by atoms with E-state index in [9.17, 15) is 0 Å². The molecule has 0 saturated carbocycles. The van der Waals surface area contributed by atoms with Crippen LogP contribution < -0.4 is 5.32 Å². The molecule has 2 heteroatoms. The molecule has 0 aromatic carbocycles. The van der Waals surface area contributed by atoms with Crippen molar-refractivity contribution in [1.29, 1.82) is 0 Å². The molecule has 0 aliphatic carbocycles. The molecule has 1 aliphatic heterocycles. The van der Waals surface area contributed by atoms with Crippen LogP contribution in [0.1, 0.15) is 40.0 Å². The van der Waals surface area contributed by atoms with Crippen LogP contribution in [0.25, 0.3) is 0 Å². The first-order chi connectivity index (χ1) is 6.49. The molecule has 1 aliphatic rings. The molecule has 0 radical (unpaired) electrons. The zero-order chi connectivity index (χ0) is 10.6. The summed E-state index contributed by atoms with van der Waals surface area (Å²) in [6.07, 6.45) is 4.00. The van der Waals surface area contributed by atoms with Gasteiger partial charge in [0.15, 0.2) is 0 Å². The van der Waals surface area contributed by atoms with Gasteiger partial charge in [-0.25, -0.2) is 0 Å². The number of likely N-dealkylation sites (N-methyl/N-ethyl adjacent to an activating group) is 1. The summed E-state index contributed by atoms with van der Waals surface area (Å²) in [6, 6.07) is 0.770. The zero-order valence-corrected chi connectivity index (χ0v) is 10.3. The molecule has 0 amide bonds. The van der Waals surface area contributed by atoms with E-state index < -0.39 is 0 Å². The first-order valence-electron chi connectivity index (χ1n) is 5.90. The molecule has 0 aromatic rings. The number of piperidine rings is 1. The van der Waals surface area contributed by atoms with Crippen LogP contribution in [0, 0.1) is 5.41 Å². The third-order valence-corrected chi connectivity index (χ3v) is 3.11. The summed E-state index contributed by atoms with van der Waals surface area (Å²) in [7, 11) is 2.27. The monoisotopic (exact) mass is 198 g/mol. The van der Waals surface area contributed by atoms with E-state index in [2.05, 4.69) is 38.0 Å². The van der Waals surface area contributed by atoms with Crippen LogP contribution in [0.4, 0.5) is 0 Å². The second kappa shape index (κ2) is 5.13. The van der Waals surface area contributed by atoms with Crippen LogP contribution >= 0.6 is 0 Å². The standard InChI is InChI=1S/C12H26N2/c1-12(2,3)7-9-14(4)11-6-5-8-13-10-11/h11,13H,5-10H2,1-4H3. The maximum Gasteiger partial charge on any atom is 0.0218 e. The second-order valence-corrected chi connectivity index (χ2v) is 5.79. The maximum atomic E-state index is 3.47. The predicted octanol–water partition coefficient (Wildman–Crippen LogP) is 2.11. The lowest BCUT2D eigenvalue weighted by atomic mass is 9.92. The average molecular weight is 198 g/mol. The Kier molecular flexibility index (Phi) is 4.39. The van der Waals surface area contributed by atoms with Crippen LogP contribution in [0.5, 0.6) is 0 Å². The highest BCUT2D eigenvalue weighted by Crippen LogP contribution is 2.19.